The summed E-state index contributed by atoms with van der Waals surface area (Å²) in [5, 5.41) is 4.54. The van der Waals surface area contributed by atoms with Crippen LogP contribution in [0.3, 0.4) is 0 Å². The van der Waals surface area contributed by atoms with Gasteiger partial charge in [0.05, 0.1) is 15.7 Å². The van der Waals surface area contributed by atoms with Crippen molar-refractivity contribution >= 4 is 34.6 Å². The highest BCUT2D eigenvalue weighted by molar-refractivity contribution is 6.39. The van der Waals surface area contributed by atoms with Crippen LogP contribution in [0.4, 0.5) is 11.4 Å². The topological polar surface area (TPSA) is 41.3 Å². The fourth-order valence-corrected chi connectivity index (χ4v) is 3.14. The van der Waals surface area contributed by atoms with E-state index in [1.165, 1.54) is 13.0 Å². The van der Waals surface area contributed by atoms with Crippen LogP contribution in [-0.2, 0) is 0 Å². The second-order valence-corrected chi connectivity index (χ2v) is 6.30. The van der Waals surface area contributed by atoms with Crippen LogP contribution in [0.2, 0.25) is 10.0 Å². The first-order valence-corrected chi connectivity index (χ1v) is 7.45. The van der Waals surface area contributed by atoms with Crippen LogP contribution in [0.15, 0.2) is 12.1 Å². The molecule has 3 N–H and O–H groups in total. The molecule has 0 bridgehead atoms. The standard InChI is InChI=1S/C14H21Cl2N3/c1-9(2)19-4-3-10(8-19)7-18-14-12(15)5-11(17)6-13(14)16/h5-6,9-10,18H,3-4,7-8,17H2,1-2H3. The molecule has 0 spiro atoms. The molecule has 1 fully saturated rings. The summed E-state index contributed by atoms with van der Waals surface area (Å²) in [5.41, 5.74) is 7.08. The van der Waals surface area contributed by atoms with Gasteiger partial charge in [-0.3, -0.25) is 0 Å². The minimum Gasteiger partial charge on any atom is -0.399 e. The number of benzene rings is 1. The maximum absolute atomic E-state index is 6.16. The van der Waals surface area contributed by atoms with Crippen molar-refractivity contribution in [3.8, 4) is 0 Å². The number of nitrogens with zero attached hydrogens (tertiary/aromatic N) is 1. The van der Waals surface area contributed by atoms with Crippen molar-refractivity contribution in [3.05, 3.63) is 22.2 Å². The van der Waals surface area contributed by atoms with Gasteiger partial charge in [-0.1, -0.05) is 23.2 Å². The molecule has 19 heavy (non-hydrogen) atoms. The average molecular weight is 302 g/mol. The van der Waals surface area contributed by atoms with Gasteiger partial charge in [-0.2, -0.15) is 0 Å². The van der Waals surface area contributed by atoms with Gasteiger partial charge in [0.15, 0.2) is 0 Å². The smallest absolute Gasteiger partial charge is 0.0720 e. The Kier molecular flexibility index (Phi) is 4.82. The van der Waals surface area contributed by atoms with Gasteiger partial charge in [-0.05, 0) is 44.9 Å². The molecule has 2 rings (SSSR count). The van der Waals surface area contributed by atoms with E-state index >= 15 is 0 Å². The van der Waals surface area contributed by atoms with E-state index in [9.17, 15) is 0 Å². The lowest BCUT2D eigenvalue weighted by atomic mass is 10.1. The molecule has 1 heterocycles. The Labute approximate surface area is 125 Å². The van der Waals surface area contributed by atoms with Crippen molar-refractivity contribution in [2.24, 2.45) is 5.92 Å². The second-order valence-electron chi connectivity index (χ2n) is 5.48. The number of nitrogens with two attached hydrogens (primary N) is 1. The quantitative estimate of drug-likeness (QED) is 0.833. The maximum atomic E-state index is 6.16. The highest BCUT2D eigenvalue weighted by Gasteiger charge is 2.24. The van der Waals surface area contributed by atoms with Crippen LogP contribution >= 0.6 is 23.2 Å². The van der Waals surface area contributed by atoms with Crippen LogP contribution in [0.1, 0.15) is 20.3 Å². The van der Waals surface area contributed by atoms with Crippen LogP contribution in [0, 0.1) is 5.92 Å². The summed E-state index contributed by atoms with van der Waals surface area (Å²) in [7, 11) is 0. The molecule has 0 radical (unpaired) electrons. The van der Waals surface area contributed by atoms with Gasteiger partial charge in [0.2, 0.25) is 0 Å². The molecule has 1 aliphatic heterocycles. The van der Waals surface area contributed by atoms with Crippen LogP contribution < -0.4 is 11.1 Å². The van der Waals surface area contributed by atoms with Gasteiger partial charge in [0.1, 0.15) is 0 Å². The van der Waals surface area contributed by atoms with E-state index in [2.05, 4.69) is 24.1 Å². The van der Waals surface area contributed by atoms with E-state index in [1.807, 2.05) is 0 Å². The molecule has 1 aromatic carbocycles. The molecule has 3 nitrogen and oxygen atoms in total. The number of hydrogen-bond donors (Lipinski definition) is 2. The number of rotatable bonds is 4. The summed E-state index contributed by atoms with van der Waals surface area (Å²) in [5.74, 6) is 0.645. The fourth-order valence-electron chi connectivity index (χ4n) is 2.51. The Balaban J connectivity index is 1.93. The van der Waals surface area contributed by atoms with Gasteiger partial charge < -0.3 is 16.0 Å². The third-order valence-corrected chi connectivity index (χ3v) is 4.28. The number of halogens is 2. The zero-order chi connectivity index (χ0) is 14.0. The number of hydrogen-bond acceptors (Lipinski definition) is 3. The molecule has 0 aliphatic carbocycles. The molecular formula is C14H21Cl2N3. The van der Waals surface area contributed by atoms with Gasteiger partial charge in [0.25, 0.3) is 0 Å². The van der Waals surface area contributed by atoms with Gasteiger partial charge in [-0.15, -0.1) is 0 Å². The molecular weight excluding hydrogens is 281 g/mol. The lowest BCUT2D eigenvalue weighted by molar-refractivity contribution is 0.266. The van der Waals surface area contributed by atoms with Gasteiger partial charge >= 0.3 is 0 Å². The van der Waals surface area contributed by atoms with Gasteiger partial charge in [-0.25, -0.2) is 0 Å². The molecule has 0 saturated carbocycles. The van der Waals surface area contributed by atoms with Crippen LogP contribution in [-0.4, -0.2) is 30.6 Å². The molecule has 1 aromatic rings. The number of anilines is 2. The molecule has 1 unspecified atom stereocenters. The highest BCUT2D eigenvalue weighted by Crippen LogP contribution is 2.33. The van der Waals surface area contributed by atoms with Crippen molar-refractivity contribution in [3.63, 3.8) is 0 Å². The third kappa shape index (κ3) is 3.68. The summed E-state index contributed by atoms with van der Waals surface area (Å²) < 4.78 is 0. The maximum Gasteiger partial charge on any atom is 0.0720 e. The number of likely N-dealkylation sites (tertiary alicyclic amines) is 1. The zero-order valence-corrected chi connectivity index (χ0v) is 12.9. The largest absolute Gasteiger partial charge is 0.399 e. The first-order valence-electron chi connectivity index (χ1n) is 6.69. The first-order chi connectivity index (χ1) is 8.97. The van der Waals surface area contributed by atoms with Gasteiger partial charge in [0, 0.05) is 24.8 Å². The summed E-state index contributed by atoms with van der Waals surface area (Å²) >= 11 is 12.3. The second kappa shape index (κ2) is 6.21. The number of nitrogen functional groups attached to an aromatic ring is 1. The minimum absolute atomic E-state index is 0.587. The van der Waals surface area contributed by atoms with E-state index < -0.39 is 0 Å². The lowest BCUT2D eigenvalue weighted by Gasteiger charge is -2.20. The first kappa shape index (κ1) is 14.8. The number of nitrogens with one attached hydrogen (secondary N) is 1. The fraction of sp³-hybridized carbons (Fsp3) is 0.571. The monoisotopic (exact) mass is 301 g/mol. The van der Waals surface area contributed by atoms with Crippen molar-refractivity contribution in [2.45, 2.75) is 26.3 Å². The molecule has 1 atom stereocenters. The highest BCUT2D eigenvalue weighted by atomic mass is 35.5. The van der Waals surface area contributed by atoms with Crippen LogP contribution in [0.25, 0.3) is 0 Å². The predicted molar refractivity (Wildman–Crippen MR) is 84.2 cm³/mol. The van der Waals surface area contributed by atoms with Crippen molar-refractivity contribution in [1.29, 1.82) is 0 Å². The van der Waals surface area contributed by atoms with Crippen molar-refractivity contribution < 1.29 is 0 Å². The predicted octanol–water partition coefficient (Wildman–Crippen LogP) is 3.72. The SMILES string of the molecule is CC(C)N1CCC(CNc2c(Cl)cc(N)cc2Cl)C1. The molecule has 1 saturated heterocycles. The minimum atomic E-state index is 0.587. The van der Waals surface area contributed by atoms with E-state index in [0.29, 0.717) is 27.7 Å². The van der Waals surface area contributed by atoms with Crippen molar-refractivity contribution in [1.82, 2.24) is 4.90 Å². The van der Waals surface area contributed by atoms with E-state index in [4.69, 9.17) is 28.9 Å². The lowest BCUT2D eigenvalue weighted by Crippen LogP contribution is -2.29. The van der Waals surface area contributed by atoms with Crippen molar-refractivity contribution in [2.75, 3.05) is 30.7 Å². The molecule has 5 heteroatoms. The average Bonchev–Trinajstić information content (AvgIpc) is 2.76. The van der Waals surface area contributed by atoms with Crippen LogP contribution in [0.5, 0.6) is 0 Å². The summed E-state index contributed by atoms with van der Waals surface area (Å²) in [6.45, 7) is 7.68. The Morgan fingerprint density at radius 1 is 1.37 bits per heavy atom. The summed E-state index contributed by atoms with van der Waals surface area (Å²) in [4.78, 5) is 2.50. The van der Waals surface area contributed by atoms with E-state index in [1.54, 1.807) is 12.1 Å². The summed E-state index contributed by atoms with van der Waals surface area (Å²) in [6, 6.07) is 4.07. The molecule has 0 amide bonds. The molecule has 1 aliphatic rings. The molecule has 0 aromatic heterocycles. The van der Waals surface area contributed by atoms with E-state index in [0.717, 1.165) is 18.8 Å². The normalized spacial score (nSPS) is 20.2. The van der Waals surface area contributed by atoms with E-state index in [-0.39, 0.29) is 0 Å². The Morgan fingerprint density at radius 2 is 2.00 bits per heavy atom. The Bertz CT molecular complexity index is 425. The summed E-state index contributed by atoms with van der Waals surface area (Å²) in [6.07, 6.45) is 1.22. The Morgan fingerprint density at radius 3 is 2.53 bits per heavy atom. The Hall–Kier alpha value is -0.640. The molecule has 106 valence electrons. The zero-order valence-electron chi connectivity index (χ0n) is 11.4. The third-order valence-electron chi connectivity index (χ3n) is 3.68.